The van der Waals surface area contributed by atoms with Crippen molar-refractivity contribution in [2.45, 2.75) is 45.2 Å². The van der Waals surface area contributed by atoms with Crippen LogP contribution in [0.4, 0.5) is 0 Å². The second kappa shape index (κ2) is 19.0. The molecule has 12 nitrogen and oxygen atoms in total. The summed E-state index contributed by atoms with van der Waals surface area (Å²) in [4.78, 5) is 0. The Bertz CT molecular complexity index is 1260. The van der Waals surface area contributed by atoms with Crippen molar-refractivity contribution in [1.82, 2.24) is 21.5 Å². The van der Waals surface area contributed by atoms with Crippen LogP contribution < -0.4 is 31.0 Å². The Labute approximate surface area is 271 Å². The summed E-state index contributed by atoms with van der Waals surface area (Å²) < 4.78 is 12.6. The van der Waals surface area contributed by atoms with Gasteiger partial charge in [-0.1, -0.05) is 12.1 Å². The van der Waals surface area contributed by atoms with E-state index in [2.05, 4.69) is 63.5 Å². The van der Waals surface area contributed by atoms with Gasteiger partial charge in [-0.05, 0) is 106 Å². The number of halogens is 2. The molecule has 3 atom stereocenters. The number of nitrogens with zero attached hydrogens (tertiary/aromatic N) is 2. The Balaban J connectivity index is 2.00. The van der Waals surface area contributed by atoms with Crippen molar-refractivity contribution in [3.63, 3.8) is 0 Å². The van der Waals surface area contributed by atoms with Crippen molar-refractivity contribution in [2.75, 3.05) is 19.8 Å². The Morgan fingerprint density at radius 2 is 1.38 bits per heavy atom. The van der Waals surface area contributed by atoms with Crippen LogP contribution in [0.5, 0.6) is 11.5 Å². The maximum atomic E-state index is 10.5. The normalized spacial score (nSPS) is 13.7. The second-order valence-electron chi connectivity index (χ2n) is 8.46. The summed E-state index contributed by atoms with van der Waals surface area (Å²) in [5.41, 5.74) is 6.80. The van der Waals surface area contributed by atoms with Gasteiger partial charge in [-0.3, -0.25) is 10.9 Å². The number of ether oxygens (including phenoxy) is 2. The zero-order valence-corrected chi connectivity index (χ0v) is 27.7. The second-order valence-corrected chi connectivity index (χ2v) is 11.0. The molecule has 230 valence electrons. The van der Waals surface area contributed by atoms with Gasteiger partial charge in [0, 0.05) is 13.1 Å². The highest BCUT2D eigenvalue weighted by molar-refractivity contribution is 9.10. The molecular weight excluding hydrogens is 716 g/mol. The molecular formula is C26H34Br2N6O6S2. The summed E-state index contributed by atoms with van der Waals surface area (Å²) in [7, 11) is 0. The highest BCUT2D eigenvalue weighted by Gasteiger charge is 2.28. The van der Waals surface area contributed by atoms with Crippen molar-refractivity contribution in [3.8, 4) is 11.5 Å². The summed E-state index contributed by atoms with van der Waals surface area (Å²) in [5.74, 6) is 1.46. The SMILES string of the molecule is CCOc1ccc(CNC(=S)N/N=C(/C=N/NC(=S)NCc2ccc(OCC)c(Br)c2)C(O)C(O)C(O)CO)cc1Br. The molecule has 0 saturated carbocycles. The number of hydrogen-bond donors (Lipinski definition) is 8. The molecule has 0 bridgehead atoms. The van der Waals surface area contributed by atoms with E-state index in [4.69, 9.17) is 39.0 Å². The fraction of sp³-hybridized carbons (Fsp3) is 0.385. The summed E-state index contributed by atoms with van der Waals surface area (Å²) in [6.45, 7) is 4.88. The van der Waals surface area contributed by atoms with Crippen LogP contribution in [0.3, 0.4) is 0 Å². The number of thiocarbonyl (C=S) groups is 2. The Morgan fingerprint density at radius 3 is 1.83 bits per heavy atom. The molecule has 0 heterocycles. The quantitative estimate of drug-likeness (QED) is 0.0759. The molecule has 42 heavy (non-hydrogen) atoms. The monoisotopic (exact) mass is 748 g/mol. The van der Waals surface area contributed by atoms with Gasteiger partial charge in [0.05, 0.1) is 35.0 Å². The van der Waals surface area contributed by atoms with E-state index in [1.54, 1.807) is 0 Å². The molecule has 0 aliphatic carbocycles. The molecule has 16 heteroatoms. The van der Waals surface area contributed by atoms with Crippen LogP contribution in [0.25, 0.3) is 0 Å². The van der Waals surface area contributed by atoms with E-state index >= 15 is 0 Å². The molecule has 0 radical (unpaired) electrons. The van der Waals surface area contributed by atoms with Crippen LogP contribution in [0.15, 0.2) is 55.5 Å². The minimum absolute atomic E-state index is 0.113. The highest BCUT2D eigenvalue weighted by Crippen LogP contribution is 2.26. The van der Waals surface area contributed by atoms with Gasteiger partial charge in [0.2, 0.25) is 0 Å². The van der Waals surface area contributed by atoms with Crippen LogP contribution in [0, 0.1) is 0 Å². The molecule has 2 rings (SSSR count). The third-order valence-corrected chi connectivity index (χ3v) is 7.07. The summed E-state index contributed by atoms with van der Waals surface area (Å²) in [6, 6.07) is 11.2. The largest absolute Gasteiger partial charge is 0.493 e. The number of aliphatic hydroxyl groups excluding tert-OH is 4. The molecule has 0 aliphatic rings. The third kappa shape index (κ3) is 12.0. The number of benzene rings is 2. The Kier molecular flexibility index (Phi) is 16.1. The van der Waals surface area contributed by atoms with E-state index in [0.717, 1.165) is 37.8 Å². The minimum atomic E-state index is -1.76. The number of aliphatic hydroxyl groups is 4. The van der Waals surface area contributed by atoms with Crippen LogP contribution in [0.2, 0.25) is 0 Å². The van der Waals surface area contributed by atoms with E-state index in [1.807, 2.05) is 50.2 Å². The predicted octanol–water partition coefficient (Wildman–Crippen LogP) is 2.05. The lowest BCUT2D eigenvalue weighted by Crippen LogP contribution is -2.45. The lowest BCUT2D eigenvalue weighted by Gasteiger charge is -2.21. The Hall–Kier alpha value is -2.44. The lowest BCUT2D eigenvalue weighted by atomic mass is 10.0. The molecule has 3 unspecified atom stereocenters. The molecule has 0 aromatic heterocycles. The van der Waals surface area contributed by atoms with Crippen molar-refractivity contribution in [3.05, 3.63) is 56.5 Å². The molecule has 0 amide bonds. The predicted molar refractivity (Wildman–Crippen MR) is 177 cm³/mol. The fourth-order valence-corrected chi connectivity index (χ4v) is 4.56. The smallest absolute Gasteiger partial charge is 0.187 e. The van der Waals surface area contributed by atoms with Gasteiger partial charge in [0.15, 0.2) is 10.2 Å². The first-order valence-electron chi connectivity index (χ1n) is 12.7. The van der Waals surface area contributed by atoms with E-state index in [-0.39, 0.29) is 15.9 Å². The molecule has 8 N–H and O–H groups in total. The van der Waals surface area contributed by atoms with Gasteiger partial charge in [-0.2, -0.15) is 10.2 Å². The van der Waals surface area contributed by atoms with Gasteiger partial charge in [0.1, 0.15) is 35.5 Å². The first kappa shape index (κ1) is 35.8. The van der Waals surface area contributed by atoms with Gasteiger partial charge < -0.3 is 40.5 Å². The van der Waals surface area contributed by atoms with E-state index < -0.39 is 24.9 Å². The van der Waals surface area contributed by atoms with E-state index in [9.17, 15) is 15.3 Å². The molecule has 2 aromatic rings. The zero-order valence-electron chi connectivity index (χ0n) is 22.9. The summed E-state index contributed by atoms with van der Waals surface area (Å²) in [5, 5.41) is 53.9. The van der Waals surface area contributed by atoms with Crippen molar-refractivity contribution < 1.29 is 29.9 Å². The molecule has 0 saturated heterocycles. The number of nitrogens with one attached hydrogen (secondary N) is 4. The fourth-order valence-electron chi connectivity index (χ4n) is 3.23. The summed E-state index contributed by atoms with van der Waals surface area (Å²) in [6.07, 6.45) is -4.00. The molecule has 0 fully saturated rings. The first-order valence-corrected chi connectivity index (χ1v) is 15.2. The average molecular weight is 751 g/mol. The standard InChI is InChI=1S/C26H34Br2N6O6S2/c1-3-39-21-7-5-15(9-17(21)27)11-29-25(41)33-31-13-19(23(37)24(38)20(36)14-35)32-34-26(42)30-12-16-6-8-22(40-4-2)18(28)10-16/h5-10,13,20,23-24,35-38H,3-4,11-12,14H2,1-2H3,(H2,29,33,41)(H2,30,34,42)/b31-13+,32-19-. The summed E-state index contributed by atoms with van der Waals surface area (Å²) >= 11 is 17.4. The van der Waals surface area contributed by atoms with Gasteiger partial charge >= 0.3 is 0 Å². The molecule has 0 spiro atoms. The maximum absolute atomic E-state index is 10.5. The van der Waals surface area contributed by atoms with Gasteiger partial charge in [-0.15, -0.1) is 0 Å². The van der Waals surface area contributed by atoms with Gasteiger partial charge in [0.25, 0.3) is 0 Å². The number of hydrazone groups is 2. The number of rotatable bonds is 15. The third-order valence-electron chi connectivity index (χ3n) is 5.36. The topological polar surface area (TPSA) is 172 Å². The van der Waals surface area contributed by atoms with E-state index in [0.29, 0.717) is 26.3 Å². The van der Waals surface area contributed by atoms with Crippen molar-refractivity contribution in [2.24, 2.45) is 10.2 Å². The Morgan fingerprint density at radius 1 is 0.881 bits per heavy atom. The molecule has 2 aromatic carbocycles. The minimum Gasteiger partial charge on any atom is -0.493 e. The van der Waals surface area contributed by atoms with Crippen molar-refractivity contribution >= 4 is 78.4 Å². The number of hydrogen-bond acceptors (Lipinski definition) is 10. The van der Waals surface area contributed by atoms with Crippen LogP contribution in [0.1, 0.15) is 25.0 Å². The highest BCUT2D eigenvalue weighted by atomic mass is 79.9. The maximum Gasteiger partial charge on any atom is 0.187 e. The van der Waals surface area contributed by atoms with Crippen molar-refractivity contribution in [1.29, 1.82) is 0 Å². The van der Waals surface area contributed by atoms with Crippen LogP contribution in [-0.2, 0) is 13.1 Å². The van der Waals surface area contributed by atoms with Gasteiger partial charge in [-0.25, -0.2) is 0 Å². The average Bonchev–Trinajstić information content (AvgIpc) is 2.98. The first-order chi connectivity index (χ1) is 20.1. The van der Waals surface area contributed by atoms with Crippen LogP contribution >= 0.6 is 56.3 Å². The van der Waals surface area contributed by atoms with E-state index in [1.165, 1.54) is 0 Å². The zero-order chi connectivity index (χ0) is 31.1. The molecule has 0 aliphatic heterocycles. The lowest BCUT2D eigenvalue weighted by molar-refractivity contribution is -0.0549. The van der Waals surface area contributed by atoms with Crippen LogP contribution in [-0.4, -0.2) is 80.7 Å².